The Hall–Kier alpha value is -1.47. The predicted octanol–water partition coefficient (Wildman–Crippen LogP) is 3.06. The highest BCUT2D eigenvalue weighted by Crippen LogP contribution is 2.24. The average molecular weight is 308 g/mol. The van der Waals surface area contributed by atoms with Crippen LogP contribution in [0.25, 0.3) is 0 Å². The summed E-state index contributed by atoms with van der Waals surface area (Å²) in [5.41, 5.74) is 1.82. The van der Waals surface area contributed by atoms with Crippen LogP contribution in [0, 0.1) is 13.8 Å². The zero-order valence-corrected chi connectivity index (χ0v) is 13.2. The first-order valence-electron chi connectivity index (χ1n) is 6.27. The topological polar surface area (TPSA) is 67.8 Å². The third-order valence-corrected chi connectivity index (χ3v) is 4.45. The Kier molecular flexibility index (Phi) is 5.08. The summed E-state index contributed by atoms with van der Waals surface area (Å²) in [5.74, 6) is -0.0600. The quantitative estimate of drug-likeness (QED) is 0.679. The number of aromatic nitrogens is 3. The number of aryl methyl sites for hydroxylation is 2. The van der Waals surface area contributed by atoms with Gasteiger partial charge in [-0.2, -0.15) is 0 Å². The Morgan fingerprint density at radius 1 is 1.40 bits per heavy atom. The molecule has 0 fully saturated rings. The van der Waals surface area contributed by atoms with E-state index in [0.29, 0.717) is 16.7 Å². The van der Waals surface area contributed by atoms with Crippen molar-refractivity contribution < 1.29 is 4.79 Å². The molecule has 0 radical (unpaired) electrons. The van der Waals surface area contributed by atoms with E-state index in [-0.39, 0.29) is 11.2 Å². The van der Waals surface area contributed by atoms with Gasteiger partial charge in [0.15, 0.2) is 10.3 Å². The van der Waals surface area contributed by atoms with Gasteiger partial charge in [-0.3, -0.25) is 4.79 Å². The van der Waals surface area contributed by atoms with Gasteiger partial charge in [-0.05, 0) is 26.3 Å². The van der Waals surface area contributed by atoms with Crippen LogP contribution < -0.4 is 5.32 Å². The molecule has 1 amide bonds. The van der Waals surface area contributed by atoms with Crippen LogP contribution in [0.3, 0.4) is 0 Å². The van der Waals surface area contributed by atoms with Crippen molar-refractivity contribution in [2.75, 3.05) is 5.32 Å². The van der Waals surface area contributed by atoms with Crippen LogP contribution in [-0.2, 0) is 4.79 Å². The molecule has 106 valence electrons. The molecule has 0 bridgehead atoms. The number of hydrogen-bond donors (Lipinski definition) is 1. The number of carbonyl (C=O) groups is 1. The number of anilines is 1. The van der Waals surface area contributed by atoms with Gasteiger partial charge in [0.05, 0.1) is 5.25 Å². The van der Waals surface area contributed by atoms with Crippen molar-refractivity contribution in [1.29, 1.82) is 0 Å². The predicted molar refractivity (Wildman–Crippen MR) is 82.2 cm³/mol. The molecule has 5 nitrogen and oxygen atoms in total. The molecule has 20 heavy (non-hydrogen) atoms. The van der Waals surface area contributed by atoms with E-state index in [0.717, 1.165) is 11.4 Å². The third kappa shape index (κ3) is 4.01. The lowest BCUT2D eigenvalue weighted by molar-refractivity contribution is -0.115. The van der Waals surface area contributed by atoms with Crippen LogP contribution in [0.15, 0.2) is 22.8 Å². The summed E-state index contributed by atoms with van der Waals surface area (Å²) in [5, 5.41) is 5.69. The van der Waals surface area contributed by atoms with Crippen molar-refractivity contribution in [2.24, 2.45) is 0 Å². The minimum Gasteiger partial charge on any atom is -0.301 e. The standard InChI is InChI=1S/C13H16N4OS2/c1-4-10(11(18)17-12-14-5-6-19-12)20-13-15-8(2)7-9(3)16-13/h5-7,10H,4H2,1-3H3,(H,14,17,18)/t10-/m0/s1. The number of nitrogens with zero attached hydrogens (tertiary/aromatic N) is 3. The Bertz CT molecular complexity index is 566. The molecule has 7 heteroatoms. The molecule has 2 heterocycles. The van der Waals surface area contributed by atoms with E-state index in [1.165, 1.54) is 23.1 Å². The van der Waals surface area contributed by atoms with Crippen molar-refractivity contribution in [2.45, 2.75) is 37.6 Å². The Morgan fingerprint density at radius 3 is 2.65 bits per heavy atom. The lowest BCUT2D eigenvalue weighted by atomic mass is 10.3. The zero-order valence-electron chi connectivity index (χ0n) is 11.6. The molecular formula is C13H16N4OS2. The van der Waals surface area contributed by atoms with Gasteiger partial charge in [-0.25, -0.2) is 15.0 Å². The summed E-state index contributed by atoms with van der Waals surface area (Å²) in [6.45, 7) is 5.83. The second kappa shape index (κ2) is 6.81. The number of carbonyl (C=O) groups excluding carboxylic acids is 1. The van der Waals surface area contributed by atoms with Crippen molar-refractivity contribution in [3.63, 3.8) is 0 Å². The van der Waals surface area contributed by atoms with E-state index in [1.54, 1.807) is 6.20 Å². The van der Waals surface area contributed by atoms with Crippen molar-refractivity contribution in [3.05, 3.63) is 29.0 Å². The first-order valence-corrected chi connectivity index (χ1v) is 8.03. The Labute approximate surface area is 126 Å². The molecule has 0 aromatic carbocycles. The molecule has 0 saturated heterocycles. The minimum absolute atomic E-state index is 0.0600. The number of hydrogen-bond acceptors (Lipinski definition) is 6. The van der Waals surface area contributed by atoms with Crippen molar-refractivity contribution >= 4 is 34.1 Å². The summed E-state index contributed by atoms with van der Waals surface area (Å²) >= 11 is 2.80. The van der Waals surface area contributed by atoms with Crippen LogP contribution >= 0.6 is 23.1 Å². The molecule has 2 aromatic rings. The van der Waals surface area contributed by atoms with Crippen LogP contribution in [0.1, 0.15) is 24.7 Å². The fourth-order valence-corrected chi connectivity index (χ4v) is 3.18. The fraction of sp³-hybridized carbons (Fsp3) is 0.385. The number of rotatable bonds is 5. The molecule has 0 unspecified atom stereocenters. The smallest absolute Gasteiger partial charge is 0.239 e. The molecule has 0 aliphatic rings. The highest BCUT2D eigenvalue weighted by Gasteiger charge is 2.20. The van der Waals surface area contributed by atoms with Gasteiger partial charge in [0.1, 0.15) is 0 Å². The molecular weight excluding hydrogens is 292 g/mol. The summed E-state index contributed by atoms with van der Waals surface area (Å²) < 4.78 is 0. The van der Waals surface area contributed by atoms with Crippen molar-refractivity contribution in [3.8, 4) is 0 Å². The molecule has 2 rings (SSSR count). The van der Waals surface area contributed by atoms with Gasteiger partial charge in [0.25, 0.3) is 0 Å². The largest absolute Gasteiger partial charge is 0.301 e. The van der Waals surface area contributed by atoms with Gasteiger partial charge in [-0.1, -0.05) is 18.7 Å². The van der Waals surface area contributed by atoms with E-state index >= 15 is 0 Å². The number of amides is 1. The van der Waals surface area contributed by atoms with Crippen molar-refractivity contribution in [1.82, 2.24) is 15.0 Å². The molecule has 0 spiro atoms. The monoisotopic (exact) mass is 308 g/mol. The second-order valence-electron chi connectivity index (χ2n) is 4.27. The van der Waals surface area contributed by atoms with Gasteiger partial charge in [-0.15, -0.1) is 11.3 Å². The van der Waals surface area contributed by atoms with E-state index in [4.69, 9.17) is 0 Å². The van der Waals surface area contributed by atoms with E-state index in [1.807, 2.05) is 32.2 Å². The molecule has 0 aliphatic carbocycles. The summed E-state index contributed by atoms with van der Waals surface area (Å²) in [6.07, 6.45) is 2.37. The van der Waals surface area contributed by atoms with Gasteiger partial charge in [0, 0.05) is 23.0 Å². The Morgan fingerprint density at radius 2 is 2.10 bits per heavy atom. The molecule has 2 aromatic heterocycles. The van der Waals surface area contributed by atoms with E-state index in [9.17, 15) is 4.79 Å². The molecule has 0 saturated carbocycles. The highest BCUT2D eigenvalue weighted by molar-refractivity contribution is 8.00. The SMILES string of the molecule is CC[C@H](Sc1nc(C)cc(C)n1)C(=O)Nc1nccs1. The van der Waals surface area contributed by atoms with Gasteiger partial charge >= 0.3 is 0 Å². The van der Waals surface area contributed by atoms with Crippen LogP contribution in [0.2, 0.25) is 0 Å². The van der Waals surface area contributed by atoms with Crippen LogP contribution in [0.4, 0.5) is 5.13 Å². The maximum Gasteiger partial charge on any atom is 0.239 e. The van der Waals surface area contributed by atoms with E-state index < -0.39 is 0 Å². The van der Waals surface area contributed by atoms with Gasteiger partial charge in [0.2, 0.25) is 5.91 Å². The minimum atomic E-state index is -0.222. The fourth-order valence-electron chi connectivity index (χ4n) is 1.67. The lowest BCUT2D eigenvalue weighted by Crippen LogP contribution is -2.24. The molecule has 1 atom stereocenters. The Balaban J connectivity index is 2.06. The number of thioether (sulfide) groups is 1. The van der Waals surface area contributed by atoms with Crippen LogP contribution in [0.5, 0.6) is 0 Å². The van der Waals surface area contributed by atoms with Crippen LogP contribution in [-0.4, -0.2) is 26.1 Å². The molecule has 0 aliphatic heterocycles. The zero-order chi connectivity index (χ0) is 14.5. The first kappa shape index (κ1) is 14.9. The summed E-state index contributed by atoms with van der Waals surface area (Å²) in [4.78, 5) is 25.0. The third-order valence-electron chi connectivity index (χ3n) is 2.54. The number of nitrogens with one attached hydrogen (secondary N) is 1. The maximum atomic E-state index is 12.2. The summed E-state index contributed by atoms with van der Waals surface area (Å²) in [6, 6.07) is 1.92. The number of thiazole rings is 1. The lowest BCUT2D eigenvalue weighted by Gasteiger charge is -2.12. The normalized spacial score (nSPS) is 12.2. The van der Waals surface area contributed by atoms with E-state index in [2.05, 4.69) is 20.3 Å². The maximum absolute atomic E-state index is 12.2. The van der Waals surface area contributed by atoms with Gasteiger partial charge < -0.3 is 5.32 Å². The molecule has 1 N–H and O–H groups in total. The first-order chi connectivity index (χ1) is 9.58. The second-order valence-corrected chi connectivity index (χ2v) is 6.34. The highest BCUT2D eigenvalue weighted by atomic mass is 32.2. The summed E-state index contributed by atoms with van der Waals surface area (Å²) in [7, 11) is 0. The average Bonchev–Trinajstić information content (AvgIpc) is 2.87.